The molecule has 0 atom stereocenters. The van der Waals surface area contributed by atoms with Crippen molar-refractivity contribution in [3.63, 3.8) is 0 Å². The van der Waals surface area contributed by atoms with Gasteiger partial charge in [-0.1, -0.05) is 24.3 Å². The minimum absolute atomic E-state index is 0.0375. The number of aryl methyl sites for hydroxylation is 1. The van der Waals surface area contributed by atoms with Gasteiger partial charge < -0.3 is 14.8 Å². The molecule has 1 N–H and O–H groups in total. The molecule has 0 saturated carbocycles. The second kappa shape index (κ2) is 9.03. The molecule has 0 bridgehead atoms. The number of carbonyl (C=O) groups is 1. The Morgan fingerprint density at radius 2 is 2.00 bits per heavy atom. The molecule has 0 unspecified atom stereocenters. The molecule has 3 aromatic rings. The Balaban J connectivity index is 1.51. The van der Waals surface area contributed by atoms with Crippen LogP contribution in [0.2, 0.25) is 0 Å². The van der Waals surface area contributed by atoms with Crippen LogP contribution in [-0.4, -0.2) is 35.1 Å². The van der Waals surface area contributed by atoms with Gasteiger partial charge in [-0.3, -0.25) is 4.79 Å². The Hall–Kier alpha value is -3.08. The summed E-state index contributed by atoms with van der Waals surface area (Å²) in [6.45, 7) is 7.27. The van der Waals surface area contributed by atoms with Crippen LogP contribution in [0.4, 0.5) is 5.69 Å². The first kappa shape index (κ1) is 18.7. The largest absolute Gasteiger partial charge is 0.370 e. The summed E-state index contributed by atoms with van der Waals surface area (Å²) in [5, 5.41) is 3.02. The maximum atomic E-state index is 12.4. The first-order valence-corrected chi connectivity index (χ1v) is 9.30. The normalized spacial score (nSPS) is 10.6. The smallest absolute Gasteiger partial charge is 0.251 e. The standard InChI is InChI=1S/C22H26N4O/c1-3-26(21-6-4-5-18(2)15-21)14-12-24-22(27)20-9-7-19(8-10-20)16-25-13-11-23-17-25/h4-11,13,15,17H,3,12,14,16H2,1-2H3,(H,24,27). The van der Waals surface area contributed by atoms with E-state index in [1.54, 1.807) is 12.5 Å². The van der Waals surface area contributed by atoms with Crippen molar-refractivity contribution in [2.24, 2.45) is 0 Å². The Labute approximate surface area is 160 Å². The molecule has 1 heterocycles. The fourth-order valence-corrected chi connectivity index (χ4v) is 3.05. The molecular weight excluding hydrogens is 336 g/mol. The average molecular weight is 362 g/mol. The lowest BCUT2D eigenvalue weighted by atomic mass is 10.1. The zero-order valence-corrected chi connectivity index (χ0v) is 15.9. The highest BCUT2D eigenvalue weighted by molar-refractivity contribution is 5.94. The third-order valence-electron chi connectivity index (χ3n) is 4.56. The molecule has 27 heavy (non-hydrogen) atoms. The number of nitrogens with zero attached hydrogens (tertiary/aromatic N) is 3. The van der Waals surface area contributed by atoms with Crippen LogP contribution in [0.3, 0.4) is 0 Å². The zero-order valence-electron chi connectivity index (χ0n) is 15.9. The number of hydrogen-bond acceptors (Lipinski definition) is 3. The molecule has 5 nitrogen and oxygen atoms in total. The van der Waals surface area contributed by atoms with Gasteiger partial charge in [-0.25, -0.2) is 4.98 Å². The number of rotatable bonds is 8. The zero-order chi connectivity index (χ0) is 19.1. The van der Waals surface area contributed by atoms with Crippen LogP contribution in [0.15, 0.2) is 67.3 Å². The summed E-state index contributed by atoms with van der Waals surface area (Å²) in [4.78, 5) is 18.7. The van der Waals surface area contributed by atoms with Gasteiger partial charge in [-0.2, -0.15) is 0 Å². The maximum Gasteiger partial charge on any atom is 0.251 e. The SMILES string of the molecule is CCN(CCNC(=O)c1ccc(Cn2ccnc2)cc1)c1cccc(C)c1. The highest BCUT2D eigenvalue weighted by Gasteiger charge is 2.08. The van der Waals surface area contributed by atoms with E-state index in [1.165, 1.54) is 11.3 Å². The maximum absolute atomic E-state index is 12.4. The van der Waals surface area contributed by atoms with Crippen molar-refractivity contribution in [3.05, 3.63) is 83.9 Å². The molecule has 0 spiro atoms. The van der Waals surface area contributed by atoms with Gasteiger partial charge in [0.05, 0.1) is 6.33 Å². The predicted molar refractivity (Wildman–Crippen MR) is 109 cm³/mol. The van der Waals surface area contributed by atoms with Gasteiger partial charge in [0, 0.05) is 49.8 Å². The van der Waals surface area contributed by atoms with Gasteiger partial charge in [0.2, 0.25) is 0 Å². The van der Waals surface area contributed by atoms with Crippen molar-refractivity contribution in [1.82, 2.24) is 14.9 Å². The van der Waals surface area contributed by atoms with Crippen LogP contribution < -0.4 is 10.2 Å². The third kappa shape index (κ3) is 5.20. The van der Waals surface area contributed by atoms with Crippen molar-refractivity contribution in [1.29, 1.82) is 0 Å². The molecule has 2 aromatic carbocycles. The lowest BCUT2D eigenvalue weighted by Crippen LogP contribution is -2.35. The molecule has 0 fully saturated rings. The lowest BCUT2D eigenvalue weighted by molar-refractivity contribution is 0.0954. The highest BCUT2D eigenvalue weighted by atomic mass is 16.1. The molecule has 0 radical (unpaired) electrons. The second-order valence-electron chi connectivity index (χ2n) is 6.61. The quantitative estimate of drug-likeness (QED) is 0.667. The van der Waals surface area contributed by atoms with Crippen molar-refractivity contribution in [3.8, 4) is 0 Å². The molecule has 0 aliphatic carbocycles. The number of benzene rings is 2. The minimum atomic E-state index is -0.0375. The van der Waals surface area contributed by atoms with E-state index in [0.29, 0.717) is 12.1 Å². The molecular formula is C22H26N4O. The molecule has 3 rings (SSSR count). The molecule has 0 aliphatic rings. The van der Waals surface area contributed by atoms with Gasteiger partial charge in [0.1, 0.15) is 0 Å². The highest BCUT2D eigenvalue weighted by Crippen LogP contribution is 2.15. The first-order valence-electron chi connectivity index (χ1n) is 9.30. The number of carbonyl (C=O) groups excluding carboxylic acids is 1. The summed E-state index contributed by atoms with van der Waals surface area (Å²) in [6.07, 6.45) is 5.47. The van der Waals surface area contributed by atoms with Crippen LogP contribution >= 0.6 is 0 Å². The van der Waals surface area contributed by atoms with Gasteiger partial charge in [-0.05, 0) is 49.2 Å². The van der Waals surface area contributed by atoms with E-state index >= 15 is 0 Å². The van der Waals surface area contributed by atoms with Crippen molar-refractivity contribution in [2.75, 3.05) is 24.5 Å². The van der Waals surface area contributed by atoms with E-state index in [1.807, 2.05) is 35.0 Å². The van der Waals surface area contributed by atoms with E-state index < -0.39 is 0 Å². The van der Waals surface area contributed by atoms with Crippen LogP contribution in [0, 0.1) is 6.92 Å². The summed E-state index contributed by atoms with van der Waals surface area (Å²) in [5.74, 6) is -0.0375. The Morgan fingerprint density at radius 1 is 1.19 bits per heavy atom. The fourth-order valence-electron chi connectivity index (χ4n) is 3.05. The topological polar surface area (TPSA) is 50.2 Å². The van der Waals surface area contributed by atoms with E-state index in [4.69, 9.17) is 0 Å². The summed E-state index contributed by atoms with van der Waals surface area (Å²) in [5.41, 5.74) is 4.26. The number of anilines is 1. The molecule has 0 aliphatic heterocycles. The van der Waals surface area contributed by atoms with Crippen molar-refractivity contribution < 1.29 is 4.79 Å². The Kier molecular flexibility index (Phi) is 6.26. The summed E-state index contributed by atoms with van der Waals surface area (Å²) < 4.78 is 2.00. The van der Waals surface area contributed by atoms with E-state index in [2.05, 4.69) is 53.3 Å². The van der Waals surface area contributed by atoms with Gasteiger partial charge in [-0.15, -0.1) is 0 Å². The van der Waals surface area contributed by atoms with E-state index in [-0.39, 0.29) is 5.91 Å². The number of imidazole rings is 1. The van der Waals surface area contributed by atoms with Gasteiger partial charge in [0.15, 0.2) is 0 Å². The predicted octanol–water partition coefficient (Wildman–Crippen LogP) is 3.50. The number of aromatic nitrogens is 2. The van der Waals surface area contributed by atoms with Crippen molar-refractivity contribution in [2.45, 2.75) is 20.4 Å². The molecule has 1 amide bonds. The molecule has 140 valence electrons. The molecule has 5 heteroatoms. The van der Waals surface area contributed by atoms with Crippen LogP contribution in [-0.2, 0) is 6.54 Å². The summed E-state index contributed by atoms with van der Waals surface area (Å²) in [6, 6.07) is 16.2. The number of nitrogens with one attached hydrogen (secondary N) is 1. The fraction of sp³-hybridized carbons (Fsp3) is 0.273. The van der Waals surface area contributed by atoms with Gasteiger partial charge >= 0.3 is 0 Å². The number of amides is 1. The van der Waals surface area contributed by atoms with Crippen LogP contribution in [0.25, 0.3) is 0 Å². The minimum Gasteiger partial charge on any atom is -0.370 e. The third-order valence-corrected chi connectivity index (χ3v) is 4.56. The summed E-state index contributed by atoms with van der Waals surface area (Å²) >= 11 is 0. The van der Waals surface area contributed by atoms with Gasteiger partial charge in [0.25, 0.3) is 5.91 Å². The number of likely N-dealkylation sites (N-methyl/N-ethyl adjacent to an activating group) is 1. The van der Waals surface area contributed by atoms with Crippen LogP contribution in [0.1, 0.15) is 28.4 Å². The molecule has 0 saturated heterocycles. The number of hydrogen-bond donors (Lipinski definition) is 1. The lowest BCUT2D eigenvalue weighted by Gasteiger charge is -2.23. The second-order valence-corrected chi connectivity index (χ2v) is 6.61. The average Bonchev–Trinajstić information content (AvgIpc) is 3.19. The summed E-state index contributed by atoms with van der Waals surface area (Å²) in [7, 11) is 0. The van der Waals surface area contributed by atoms with E-state index in [9.17, 15) is 4.79 Å². The first-order chi connectivity index (χ1) is 13.2. The monoisotopic (exact) mass is 362 g/mol. The Morgan fingerprint density at radius 3 is 2.67 bits per heavy atom. The van der Waals surface area contributed by atoms with Crippen LogP contribution in [0.5, 0.6) is 0 Å². The van der Waals surface area contributed by atoms with Crippen molar-refractivity contribution >= 4 is 11.6 Å². The Bertz CT molecular complexity index is 856. The van der Waals surface area contributed by atoms with E-state index in [0.717, 1.165) is 25.2 Å². The molecule has 1 aromatic heterocycles.